The number of para-hydroxylation sites is 1. The molecule has 1 aromatic carbocycles. The van der Waals surface area contributed by atoms with Gasteiger partial charge in [-0.15, -0.1) is 10.2 Å². The van der Waals surface area contributed by atoms with Gasteiger partial charge in [-0.3, -0.25) is 15.1 Å². The molecule has 1 aliphatic heterocycles. The predicted molar refractivity (Wildman–Crippen MR) is 110 cm³/mol. The van der Waals surface area contributed by atoms with E-state index in [0.29, 0.717) is 17.2 Å². The van der Waals surface area contributed by atoms with E-state index in [0.717, 1.165) is 40.1 Å². The molecule has 150 valence electrons. The smallest absolute Gasteiger partial charge is 0.339 e. The van der Waals surface area contributed by atoms with E-state index in [1.165, 1.54) is 11.3 Å². The van der Waals surface area contributed by atoms with Crippen molar-refractivity contribution in [2.75, 3.05) is 18.9 Å². The van der Waals surface area contributed by atoms with Crippen LogP contribution in [0.25, 0.3) is 10.9 Å². The van der Waals surface area contributed by atoms with Gasteiger partial charge in [-0.2, -0.15) is 0 Å². The molecule has 1 atom stereocenters. The zero-order valence-corrected chi connectivity index (χ0v) is 17.2. The van der Waals surface area contributed by atoms with Gasteiger partial charge in [-0.1, -0.05) is 29.5 Å². The summed E-state index contributed by atoms with van der Waals surface area (Å²) in [6, 6.07) is 7.51. The lowest BCUT2D eigenvalue weighted by molar-refractivity contribution is -0.123. The zero-order valence-electron chi connectivity index (χ0n) is 16.4. The number of esters is 1. The largest absolute Gasteiger partial charge is 0.449 e. The number of rotatable bonds is 4. The summed E-state index contributed by atoms with van der Waals surface area (Å²) in [5.74, 6) is -0.968. The Morgan fingerprint density at radius 3 is 2.83 bits per heavy atom. The van der Waals surface area contributed by atoms with Crippen LogP contribution in [0.4, 0.5) is 5.13 Å². The van der Waals surface area contributed by atoms with Gasteiger partial charge >= 0.3 is 5.97 Å². The fourth-order valence-electron chi connectivity index (χ4n) is 3.39. The molecule has 9 heteroatoms. The maximum absolute atomic E-state index is 13.1. The van der Waals surface area contributed by atoms with Crippen LogP contribution in [-0.2, 0) is 22.5 Å². The summed E-state index contributed by atoms with van der Waals surface area (Å²) in [5.41, 5.74) is 3.03. The summed E-state index contributed by atoms with van der Waals surface area (Å²) in [5, 5.41) is 12.2. The molecule has 3 heterocycles. The van der Waals surface area contributed by atoms with Gasteiger partial charge < -0.3 is 9.64 Å². The molecule has 1 aliphatic rings. The molecule has 3 aromatic rings. The minimum Gasteiger partial charge on any atom is -0.449 e. The number of pyridine rings is 1. The first-order chi connectivity index (χ1) is 13.9. The molecule has 0 saturated heterocycles. The van der Waals surface area contributed by atoms with Crippen molar-refractivity contribution >= 4 is 39.2 Å². The van der Waals surface area contributed by atoms with Crippen LogP contribution in [0.1, 0.15) is 33.5 Å². The van der Waals surface area contributed by atoms with E-state index in [1.54, 1.807) is 13.8 Å². The standard InChI is InChI=1S/C20H21N5O3S/c1-11(18(26)22-20-24-23-12(2)29-20)28-19(27)17-13-6-4-5-7-15(13)21-16-8-9-25(3)10-14(16)17/h4-7,11H,8-10H2,1-3H3,(H,22,24,26). The number of amides is 1. The zero-order chi connectivity index (χ0) is 20.5. The number of benzene rings is 1. The van der Waals surface area contributed by atoms with Crippen molar-refractivity contribution in [2.24, 2.45) is 0 Å². The molecule has 1 N–H and O–H groups in total. The molecule has 4 rings (SSSR count). The Kier molecular flexibility index (Phi) is 5.25. The number of carbonyl (C=O) groups excluding carboxylic acids is 2. The molecule has 0 bridgehead atoms. The molecule has 2 aromatic heterocycles. The van der Waals surface area contributed by atoms with Gasteiger partial charge in [-0.05, 0) is 27.0 Å². The van der Waals surface area contributed by atoms with Crippen LogP contribution in [0.2, 0.25) is 0 Å². The molecule has 1 amide bonds. The third-order valence-corrected chi connectivity index (χ3v) is 5.60. The highest BCUT2D eigenvalue weighted by molar-refractivity contribution is 7.15. The van der Waals surface area contributed by atoms with Crippen LogP contribution in [0.15, 0.2) is 24.3 Å². The fourth-order valence-corrected chi connectivity index (χ4v) is 3.98. The molecular formula is C20H21N5O3S. The highest BCUT2D eigenvalue weighted by Crippen LogP contribution is 2.28. The summed E-state index contributed by atoms with van der Waals surface area (Å²) < 4.78 is 5.55. The van der Waals surface area contributed by atoms with Crippen LogP contribution in [0, 0.1) is 6.92 Å². The predicted octanol–water partition coefficient (Wildman–Crippen LogP) is 2.57. The van der Waals surface area contributed by atoms with Crippen LogP contribution in [0.3, 0.4) is 0 Å². The van der Waals surface area contributed by atoms with E-state index >= 15 is 0 Å². The van der Waals surface area contributed by atoms with Gasteiger partial charge in [0.25, 0.3) is 5.91 Å². The van der Waals surface area contributed by atoms with Crippen LogP contribution < -0.4 is 5.32 Å². The average molecular weight is 411 g/mol. The van der Waals surface area contributed by atoms with E-state index < -0.39 is 18.0 Å². The van der Waals surface area contributed by atoms with E-state index in [9.17, 15) is 9.59 Å². The average Bonchev–Trinajstić information content (AvgIpc) is 3.10. The first-order valence-corrected chi connectivity index (χ1v) is 10.1. The highest BCUT2D eigenvalue weighted by Gasteiger charge is 2.28. The lowest BCUT2D eigenvalue weighted by Crippen LogP contribution is -2.32. The van der Waals surface area contributed by atoms with E-state index in [1.807, 2.05) is 31.3 Å². The van der Waals surface area contributed by atoms with Crippen molar-refractivity contribution in [2.45, 2.75) is 32.9 Å². The number of aryl methyl sites for hydroxylation is 1. The van der Waals surface area contributed by atoms with Crippen LogP contribution in [-0.4, -0.2) is 51.7 Å². The van der Waals surface area contributed by atoms with Crippen molar-refractivity contribution in [3.8, 4) is 0 Å². The van der Waals surface area contributed by atoms with Crippen molar-refractivity contribution < 1.29 is 14.3 Å². The molecule has 0 aliphatic carbocycles. The van der Waals surface area contributed by atoms with Crippen molar-refractivity contribution in [3.05, 3.63) is 46.1 Å². The topological polar surface area (TPSA) is 97.3 Å². The second-order valence-electron chi connectivity index (χ2n) is 7.08. The number of nitrogens with zero attached hydrogens (tertiary/aromatic N) is 4. The Morgan fingerprint density at radius 2 is 2.07 bits per heavy atom. The number of nitrogens with one attached hydrogen (secondary N) is 1. The molecule has 0 spiro atoms. The Labute approximate surface area is 171 Å². The van der Waals surface area contributed by atoms with Gasteiger partial charge in [0.05, 0.1) is 11.1 Å². The van der Waals surface area contributed by atoms with Gasteiger partial charge in [0.15, 0.2) is 6.10 Å². The minimum atomic E-state index is -0.976. The number of likely N-dealkylation sites (N-methyl/N-ethyl adjacent to an activating group) is 1. The molecule has 0 fully saturated rings. The van der Waals surface area contributed by atoms with Gasteiger partial charge in [0, 0.05) is 36.2 Å². The molecule has 0 saturated carbocycles. The Morgan fingerprint density at radius 1 is 1.28 bits per heavy atom. The monoisotopic (exact) mass is 411 g/mol. The molecule has 0 radical (unpaired) electrons. The summed E-state index contributed by atoms with van der Waals surface area (Å²) in [4.78, 5) is 32.4. The van der Waals surface area contributed by atoms with Gasteiger partial charge in [0.1, 0.15) is 5.01 Å². The minimum absolute atomic E-state index is 0.378. The fraction of sp³-hybridized carbons (Fsp3) is 0.350. The number of fused-ring (bicyclic) bond motifs is 2. The third-order valence-electron chi connectivity index (χ3n) is 4.85. The normalized spacial score (nSPS) is 15.0. The molecule has 8 nitrogen and oxygen atoms in total. The lowest BCUT2D eigenvalue weighted by Gasteiger charge is -2.27. The van der Waals surface area contributed by atoms with Crippen molar-refractivity contribution in [3.63, 3.8) is 0 Å². The number of anilines is 1. The quantitative estimate of drug-likeness (QED) is 0.659. The highest BCUT2D eigenvalue weighted by atomic mass is 32.1. The Bertz CT molecular complexity index is 1100. The molecular weight excluding hydrogens is 390 g/mol. The van der Waals surface area contributed by atoms with Crippen molar-refractivity contribution in [1.29, 1.82) is 0 Å². The van der Waals surface area contributed by atoms with Crippen LogP contribution >= 0.6 is 11.3 Å². The Balaban J connectivity index is 1.62. The molecule has 1 unspecified atom stereocenters. The van der Waals surface area contributed by atoms with E-state index in [-0.39, 0.29) is 0 Å². The third kappa shape index (κ3) is 3.96. The number of hydrogen-bond acceptors (Lipinski definition) is 8. The Hall–Kier alpha value is -2.91. The van der Waals surface area contributed by atoms with Crippen LogP contribution in [0.5, 0.6) is 0 Å². The first kappa shape index (κ1) is 19.4. The number of hydrogen-bond donors (Lipinski definition) is 1. The molecule has 29 heavy (non-hydrogen) atoms. The number of aromatic nitrogens is 3. The number of ether oxygens (including phenoxy) is 1. The summed E-state index contributed by atoms with van der Waals surface area (Å²) >= 11 is 1.26. The summed E-state index contributed by atoms with van der Waals surface area (Å²) in [7, 11) is 2.01. The van der Waals surface area contributed by atoms with Gasteiger partial charge in [-0.25, -0.2) is 4.79 Å². The summed E-state index contributed by atoms with van der Waals surface area (Å²) in [6.45, 7) is 4.84. The lowest BCUT2D eigenvalue weighted by atomic mass is 9.96. The second-order valence-corrected chi connectivity index (χ2v) is 8.26. The summed E-state index contributed by atoms with van der Waals surface area (Å²) in [6.07, 6.45) is -0.209. The second kappa shape index (κ2) is 7.84. The maximum atomic E-state index is 13.1. The number of carbonyl (C=O) groups is 2. The van der Waals surface area contributed by atoms with E-state index in [4.69, 9.17) is 9.72 Å². The first-order valence-electron chi connectivity index (χ1n) is 9.33. The SMILES string of the molecule is Cc1nnc(NC(=O)C(C)OC(=O)c2c3c(nc4ccccc24)CCN(C)C3)s1. The van der Waals surface area contributed by atoms with E-state index in [2.05, 4.69) is 20.4 Å². The van der Waals surface area contributed by atoms with Gasteiger partial charge in [0.2, 0.25) is 5.13 Å². The maximum Gasteiger partial charge on any atom is 0.339 e. The van der Waals surface area contributed by atoms with Crippen molar-refractivity contribution in [1.82, 2.24) is 20.1 Å².